The number of aromatic nitrogens is 3. The van der Waals surface area contributed by atoms with Gasteiger partial charge in [-0.1, -0.05) is 0 Å². The summed E-state index contributed by atoms with van der Waals surface area (Å²) >= 11 is 0. The van der Waals surface area contributed by atoms with Crippen LogP contribution in [0.25, 0.3) is 0 Å². The van der Waals surface area contributed by atoms with Crippen molar-refractivity contribution in [3.8, 4) is 11.6 Å². The number of anilines is 2. The largest absolute Gasteiger partial charge is 0.514 e. The van der Waals surface area contributed by atoms with Gasteiger partial charge in [0.05, 0.1) is 28.5 Å². The van der Waals surface area contributed by atoms with Gasteiger partial charge in [0, 0.05) is 42.4 Å². The molecule has 0 unspecified atom stereocenters. The highest BCUT2D eigenvalue weighted by Gasteiger charge is 2.37. The average molecular weight is 765 g/mol. The van der Waals surface area contributed by atoms with Crippen LogP contribution in [-0.2, 0) is 19.7 Å². The van der Waals surface area contributed by atoms with Crippen molar-refractivity contribution in [2.75, 3.05) is 11.5 Å². The number of nitro groups is 1. The van der Waals surface area contributed by atoms with Crippen LogP contribution in [0.1, 0.15) is 106 Å². The third-order valence-corrected chi connectivity index (χ3v) is 8.86. The van der Waals surface area contributed by atoms with Crippen molar-refractivity contribution in [1.82, 2.24) is 20.1 Å². The molecule has 298 valence electrons. The molecule has 5 rings (SSSR count). The fourth-order valence-electron chi connectivity index (χ4n) is 6.37. The minimum atomic E-state index is -0.901. The Morgan fingerprint density at radius 3 is 2.22 bits per heavy atom. The van der Waals surface area contributed by atoms with E-state index in [1.807, 2.05) is 47.6 Å². The number of hydrogen-bond donors (Lipinski definition) is 1. The number of hydrogen-bond acceptors (Lipinski definition) is 12. The van der Waals surface area contributed by atoms with Gasteiger partial charge in [-0.05, 0) is 119 Å². The average Bonchev–Trinajstić information content (AvgIpc) is 3.68. The molecule has 2 heterocycles. The van der Waals surface area contributed by atoms with Crippen molar-refractivity contribution in [2.45, 2.75) is 129 Å². The van der Waals surface area contributed by atoms with Crippen molar-refractivity contribution in [3.05, 3.63) is 64.5 Å². The highest BCUT2D eigenvalue weighted by atomic mass is 16.7. The summed E-state index contributed by atoms with van der Waals surface area (Å²) in [5, 5.41) is 18.8. The number of benzene rings is 1. The van der Waals surface area contributed by atoms with Crippen LogP contribution in [0.15, 0.2) is 48.7 Å². The number of alkyl carbamates (subject to hydrolysis) is 1. The molecule has 1 aromatic carbocycles. The Kier molecular flexibility index (Phi) is 12.0. The standard InChI is InChI=1S/C39H52N6O10/c1-37(2,3)44-33(22-31(42-44)25-10-13-30(20-25)53-36(48)52-29-14-11-27(12-15-29)45(49)50)43(35(47)55-39(7,8)9)28-16-17-40-32(21-28)51-23-24-18-26(19-24)41-34(46)54-38(4,5)6/h11-12,14-17,21-22,24-26,30H,10,13,18-20,23H2,1-9H3,(H,41,46)/t24?,25-,26?,30+/m0/s1. The molecule has 3 aromatic rings. The number of amides is 2. The van der Waals surface area contributed by atoms with Crippen LogP contribution in [0.2, 0.25) is 0 Å². The third kappa shape index (κ3) is 11.3. The van der Waals surface area contributed by atoms with E-state index in [-0.39, 0.29) is 29.3 Å². The van der Waals surface area contributed by atoms with Crippen LogP contribution in [-0.4, -0.2) is 68.0 Å². The van der Waals surface area contributed by atoms with Gasteiger partial charge in [-0.25, -0.2) is 28.9 Å². The van der Waals surface area contributed by atoms with E-state index in [0.29, 0.717) is 43.3 Å². The predicted molar refractivity (Wildman–Crippen MR) is 202 cm³/mol. The highest BCUT2D eigenvalue weighted by molar-refractivity contribution is 5.95. The van der Waals surface area contributed by atoms with Gasteiger partial charge in [0.15, 0.2) is 0 Å². The number of pyridine rings is 1. The van der Waals surface area contributed by atoms with E-state index >= 15 is 0 Å². The first-order chi connectivity index (χ1) is 25.6. The smallest absolute Gasteiger partial charge is 0.477 e. The zero-order valence-electron chi connectivity index (χ0n) is 33.0. The third-order valence-electron chi connectivity index (χ3n) is 8.86. The molecule has 2 atom stereocenters. The Balaban J connectivity index is 1.30. The number of non-ortho nitro benzene ring substituents is 1. The summed E-state index contributed by atoms with van der Waals surface area (Å²) in [6.07, 6.45) is 2.37. The molecular formula is C39H52N6O10. The van der Waals surface area contributed by atoms with E-state index in [4.69, 9.17) is 28.8 Å². The van der Waals surface area contributed by atoms with Crippen molar-refractivity contribution in [3.63, 3.8) is 0 Å². The maximum absolute atomic E-state index is 14.0. The minimum absolute atomic E-state index is 0.00948. The zero-order valence-corrected chi connectivity index (χ0v) is 33.0. The lowest BCUT2D eigenvalue weighted by atomic mass is 9.81. The Morgan fingerprint density at radius 1 is 0.927 bits per heavy atom. The SMILES string of the molecule is CC(C)(C)OC(=O)NC1CC(COc2cc(N(C(=O)OC(C)(C)C)c3cc([C@H]4CC[C@@H](OC(=O)Oc5ccc([N+](=O)[O-])cc5)C4)nn3C(C)(C)C)ccn2)C1. The van der Waals surface area contributed by atoms with Crippen LogP contribution < -0.4 is 19.7 Å². The number of carbonyl (C=O) groups excluding carboxylic acids is 3. The molecule has 2 amide bonds. The maximum Gasteiger partial charge on any atom is 0.514 e. The first kappa shape index (κ1) is 40.8. The fraction of sp³-hybridized carbons (Fsp3) is 0.564. The lowest BCUT2D eigenvalue weighted by Gasteiger charge is -2.35. The van der Waals surface area contributed by atoms with Crippen molar-refractivity contribution in [2.24, 2.45) is 5.92 Å². The molecule has 0 bridgehead atoms. The van der Waals surface area contributed by atoms with E-state index in [0.717, 1.165) is 18.5 Å². The summed E-state index contributed by atoms with van der Waals surface area (Å²) in [4.78, 5) is 55.0. The Hall–Kier alpha value is -5.41. The molecule has 55 heavy (non-hydrogen) atoms. The summed E-state index contributed by atoms with van der Waals surface area (Å²) in [6.45, 7) is 17.2. The fourth-order valence-corrected chi connectivity index (χ4v) is 6.37. The molecule has 0 radical (unpaired) electrons. The first-order valence-corrected chi connectivity index (χ1v) is 18.5. The molecule has 2 saturated carbocycles. The second-order valence-corrected chi connectivity index (χ2v) is 17.0. The molecule has 2 aromatic heterocycles. The Morgan fingerprint density at radius 2 is 1.60 bits per heavy atom. The van der Waals surface area contributed by atoms with E-state index < -0.39 is 46.1 Å². The molecule has 1 N–H and O–H groups in total. The first-order valence-electron chi connectivity index (χ1n) is 18.5. The van der Waals surface area contributed by atoms with Crippen LogP contribution in [0.3, 0.4) is 0 Å². The summed E-state index contributed by atoms with van der Waals surface area (Å²) < 4.78 is 30.0. The predicted octanol–water partition coefficient (Wildman–Crippen LogP) is 8.55. The van der Waals surface area contributed by atoms with Gasteiger partial charge in [-0.15, -0.1) is 0 Å². The molecule has 2 fully saturated rings. The van der Waals surface area contributed by atoms with Crippen molar-refractivity contribution in [1.29, 1.82) is 0 Å². The summed E-state index contributed by atoms with van der Waals surface area (Å²) in [7, 11) is 0. The molecular weight excluding hydrogens is 712 g/mol. The van der Waals surface area contributed by atoms with E-state index in [2.05, 4.69) is 10.3 Å². The highest BCUT2D eigenvalue weighted by Crippen LogP contribution is 2.40. The lowest BCUT2D eigenvalue weighted by Crippen LogP contribution is -2.47. The second-order valence-electron chi connectivity index (χ2n) is 17.0. The lowest BCUT2D eigenvalue weighted by molar-refractivity contribution is -0.384. The van der Waals surface area contributed by atoms with Gasteiger partial charge in [0.25, 0.3) is 5.69 Å². The molecule has 16 nitrogen and oxygen atoms in total. The summed E-state index contributed by atoms with van der Waals surface area (Å²) in [5.74, 6) is 1.06. The Bertz CT molecular complexity index is 1850. The van der Waals surface area contributed by atoms with Crippen LogP contribution in [0.4, 0.5) is 31.6 Å². The maximum atomic E-state index is 14.0. The zero-order chi connectivity index (χ0) is 40.3. The van der Waals surface area contributed by atoms with Gasteiger partial charge in [-0.2, -0.15) is 5.10 Å². The van der Waals surface area contributed by atoms with Crippen LogP contribution in [0, 0.1) is 16.0 Å². The number of nitrogens with one attached hydrogen (secondary N) is 1. The van der Waals surface area contributed by atoms with Gasteiger partial charge in [0.2, 0.25) is 5.88 Å². The summed E-state index contributed by atoms with van der Waals surface area (Å²) in [6, 6.07) is 10.4. The normalized spacial score (nSPS) is 19.8. The van der Waals surface area contributed by atoms with E-state index in [1.54, 1.807) is 43.8 Å². The number of nitro benzene ring substituents is 1. The van der Waals surface area contributed by atoms with E-state index in [1.165, 1.54) is 29.2 Å². The van der Waals surface area contributed by atoms with Crippen molar-refractivity contribution >= 4 is 35.5 Å². The number of nitrogens with zero attached hydrogens (tertiary/aromatic N) is 5. The van der Waals surface area contributed by atoms with Crippen LogP contribution >= 0.6 is 0 Å². The molecule has 2 aliphatic carbocycles. The number of carbonyl (C=O) groups is 3. The van der Waals surface area contributed by atoms with Gasteiger partial charge in [-0.3, -0.25) is 10.1 Å². The monoisotopic (exact) mass is 764 g/mol. The molecule has 0 saturated heterocycles. The van der Waals surface area contributed by atoms with Crippen LogP contribution in [0.5, 0.6) is 11.6 Å². The second kappa shape index (κ2) is 16.1. The molecule has 0 spiro atoms. The van der Waals surface area contributed by atoms with E-state index in [9.17, 15) is 24.5 Å². The van der Waals surface area contributed by atoms with Gasteiger partial charge >= 0.3 is 18.3 Å². The Labute approximate surface area is 320 Å². The topological polar surface area (TPSA) is 186 Å². The minimum Gasteiger partial charge on any atom is -0.477 e. The molecule has 16 heteroatoms. The quantitative estimate of drug-likeness (QED) is 0.0682. The molecule has 2 aliphatic rings. The number of rotatable bonds is 10. The summed E-state index contributed by atoms with van der Waals surface area (Å²) in [5.41, 5.74) is -0.860. The number of ether oxygens (including phenoxy) is 5. The van der Waals surface area contributed by atoms with Crippen molar-refractivity contribution < 1.29 is 43.0 Å². The molecule has 0 aliphatic heterocycles. The van der Waals surface area contributed by atoms with Gasteiger partial charge in [0.1, 0.15) is 28.9 Å². The van der Waals surface area contributed by atoms with Gasteiger partial charge < -0.3 is 29.0 Å².